The Morgan fingerprint density at radius 2 is 1.83 bits per heavy atom. The van der Waals surface area contributed by atoms with Crippen molar-refractivity contribution in [1.82, 2.24) is 0 Å². The lowest BCUT2D eigenvalue weighted by Crippen LogP contribution is -2.14. The quantitative estimate of drug-likeness (QED) is 0.533. The van der Waals surface area contributed by atoms with E-state index in [9.17, 15) is 15.2 Å². The SMILES string of the molecule is O=[N+]([O-])C[C@@H](c1ccccc1)c1c(O)ccc2cc(Br)ccc12. The zero-order valence-electron chi connectivity index (χ0n) is 12.1. The third-order valence-electron chi connectivity index (χ3n) is 3.88. The molecular weight excluding hydrogens is 358 g/mol. The fourth-order valence-corrected chi connectivity index (χ4v) is 3.26. The van der Waals surface area contributed by atoms with Crippen molar-refractivity contribution in [2.24, 2.45) is 0 Å². The molecule has 0 spiro atoms. The van der Waals surface area contributed by atoms with Gasteiger partial charge in [-0.2, -0.15) is 0 Å². The van der Waals surface area contributed by atoms with Gasteiger partial charge in [0.05, 0.1) is 5.92 Å². The maximum absolute atomic E-state index is 11.2. The van der Waals surface area contributed by atoms with E-state index in [1.165, 1.54) is 0 Å². The van der Waals surface area contributed by atoms with Gasteiger partial charge in [0.15, 0.2) is 0 Å². The Kier molecular flexibility index (Phi) is 4.30. The molecule has 0 aliphatic carbocycles. The van der Waals surface area contributed by atoms with Crippen LogP contribution in [0.3, 0.4) is 0 Å². The highest BCUT2D eigenvalue weighted by Crippen LogP contribution is 2.38. The Bertz CT molecular complexity index is 865. The zero-order valence-corrected chi connectivity index (χ0v) is 13.7. The topological polar surface area (TPSA) is 63.4 Å². The molecule has 0 fully saturated rings. The Hall–Kier alpha value is -2.40. The number of phenolic OH excluding ortho intramolecular Hbond substituents is 1. The van der Waals surface area contributed by atoms with Crippen molar-refractivity contribution >= 4 is 26.7 Å². The molecule has 0 saturated carbocycles. The van der Waals surface area contributed by atoms with Crippen molar-refractivity contribution in [1.29, 1.82) is 0 Å². The monoisotopic (exact) mass is 371 g/mol. The summed E-state index contributed by atoms with van der Waals surface area (Å²) < 4.78 is 0.923. The standard InChI is InChI=1S/C18H14BrNO3/c19-14-7-8-15-13(10-14)6-9-17(21)18(15)16(11-20(22)23)12-4-2-1-3-5-12/h1-10,16,21H,11H2/t16-/m0/s1. The van der Waals surface area contributed by atoms with Crippen LogP contribution >= 0.6 is 15.9 Å². The summed E-state index contributed by atoms with van der Waals surface area (Å²) in [6.45, 7) is -0.271. The molecule has 3 rings (SSSR count). The molecule has 23 heavy (non-hydrogen) atoms. The van der Waals surface area contributed by atoms with E-state index in [0.29, 0.717) is 5.56 Å². The molecule has 5 heteroatoms. The summed E-state index contributed by atoms with van der Waals surface area (Å²) >= 11 is 3.43. The second-order valence-electron chi connectivity index (χ2n) is 5.34. The first-order valence-electron chi connectivity index (χ1n) is 7.14. The van der Waals surface area contributed by atoms with E-state index in [1.54, 1.807) is 6.07 Å². The van der Waals surface area contributed by atoms with E-state index in [2.05, 4.69) is 15.9 Å². The maximum atomic E-state index is 11.2. The van der Waals surface area contributed by atoms with Gasteiger partial charge in [-0.15, -0.1) is 0 Å². The molecule has 3 aromatic carbocycles. The molecule has 0 aromatic heterocycles. The molecule has 0 saturated heterocycles. The van der Waals surface area contributed by atoms with Gasteiger partial charge in [-0.1, -0.05) is 58.4 Å². The van der Waals surface area contributed by atoms with Gasteiger partial charge >= 0.3 is 0 Å². The average molecular weight is 372 g/mol. The van der Waals surface area contributed by atoms with Gasteiger partial charge in [0.25, 0.3) is 0 Å². The van der Waals surface area contributed by atoms with E-state index >= 15 is 0 Å². The summed E-state index contributed by atoms with van der Waals surface area (Å²) in [4.78, 5) is 10.8. The van der Waals surface area contributed by atoms with Crippen LogP contribution in [0.5, 0.6) is 5.75 Å². The Morgan fingerprint density at radius 3 is 2.52 bits per heavy atom. The lowest BCUT2D eigenvalue weighted by Gasteiger charge is -2.18. The van der Waals surface area contributed by atoms with E-state index in [0.717, 1.165) is 20.8 Å². The molecule has 0 aliphatic heterocycles. The predicted molar refractivity (Wildman–Crippen MR) is 93.5 cm³/mol. The van der Waals surface area contributed by atoms with Crippen LogP contribution in [0.2, 0.25) is 0 Å². The number of halogens is 1. The lowest BCUT2D eigenvalue weighted by atomic mass is 9.87. The fourth-order valence-electron chi connectivity index (χ4n) is 2.88. The zero-order chi connectivity index (χ0) is 16.4. The van der Waals surface area contributed by atoms with E-state index < -0.39 is 5.92 Å². The molecule has 1 N–H and O–H groups in total. The Morgan fingerprint density at radius 1 is 1.09 bits per heavy atom. The summed E-state index contributed by atoms with van der Waals surface area (Å²) in [6.07, 6.45) is 0. The molecule has 0 unspecified atom stereocenters. The summed E-state index contributed by atoms with van der Waals surface area (Å²) in [6, 6.07) is 18.4. The minimum absolute atomic E-state index is 0.0792. The highest BCUT2D eigenvalue weighted by Gasteiger charge is 2.25. The number of rotatable bonds is 4. The predicted octanol–water partition coefficient (Wildman–Crippen LogP) is 4.72. The van der Waals surface area contributed by atoms with Crippen molar-refractivity contribution < 1.29 is 10.0 Å². The molecule has 116 valence electrons. The molecule has 0 amide bonds. The number of nitrogens with zero attached hydrogens (tertiary/aromatic N) is 1. The van der Waals surface area contributed by atoms with Crippen LogP contribution < -0.4 is 0 Å². The second-order valence-corrected chi connectivity index (χ2v) is 6.26. The van der Waals surface area contributed by atoms with Crippen molar-refractivity contribution in [3.05, 3.63) is 86.4 Å². The van der Waals surface area contributed by atoms with E-state index in [1.807, 2.05) is 54.6 Å². The summed E-state index contributed by atoms with van der Waals surface area (Å²) in [5.74, 6) is -0.424. The molecule has 4 nitrogen and oxygen atoms in total. The van der Waals surface area contributed by atoms with Crippen LogP contribution in [-0.2, 0) is 0 Å². The smallest absolute Gasteiger partial charge is 0.214 e. The summed E-state index contributed by atoms with van der Waals surface area (Å²) in [7, 11) is 0. The fraction of sp³-hybridized carbons (Fsp3) is 0.111. The molecule has 3 aromatic rings. The number of phenols is 1. The Labute approximate surface area is 141 Å². The van der Waals surface area contributed by atoms with Gasteiger partial charge in [0.1, 0.15) is 5.75 Å². The van der Waals surface area contributed by atoms with Gasteiger partial charge in [0, 0.05) is 15.0 Å². The third-order valence-corrected chi connectivity index (χ3v) is 4.38. The lowest BCUT2D eigenvalue weighted by molar-refractivity contribution is -0.481. The van der Waals surface area contributed by atoms with Gasteiger partial charge in [-0.25, -0.2) is 0 Å². The van der Waals surface area contributed by atoms with Crippen molar-refractivity contribution in [3.63, 3.8) is 0 Å². The van der Waals surface area contributed by atoms with Crippen molar-refractivity contribution in [3.8, 4) is 5.75 Å². The summed E-state index contributed by atoms with van der Waals surface area (Å²) in [5, 5.41) is 23.3. The number of fused-ring (bicyclic) bond motifs is 1. The largest absolute Gasteiger partial charge is 0.508 e. The van der Waals surface area contributed by atoms with Crippen LogP contribution in [0, 0.1) is 10.1 Å². The molecule has 1 atom stereocenters. The van der Waals surface area contributed by atoms with Crippen molar-refractivity contribution in [2.45, 2.75) is 5.92 Å². The molecular formula is C18H14BrNO3. The van der Waals surface area contributed by atoms with Crippen molar-refractivity contribution in [2.75, 3.05) is 6.54 Å². The number of hydrogen-bond donors (Lipinski definition) is 1. The van der Waals surface area contributed by atoms with Crippen LogP contribution in [0.15, 0.2) is 65.1 Å². The van der Waals surface area contributed by atoms with Gasteiger partial charge in [-0.3, -0.25) is 10.1 Å². The molecule has 0 heterocycles. The maximum Gasteiger partial charge on any atom is 0.214 e. The first kappa shape index (κ1) is 15.5. The average Bonchev–Trinajstić information content (AvgIpc) is 2.54. The normalized spacial score (nSPS) is 12.2. The number of aromatic hydroxyl groups is 1. The van der Waals surface area contributed by atoms with Gasteiger partial charge in [-0.05, 0) is 34.5 Å². The third kappa shape index (κ3) is 3.19. The number of benzene rings is 3. The first-order chi connectivity index (χ1) is 11.1. The molecule has 0 bridgehead atoms. The minimum atomic E-state index is -0.504. The minimum Gasteiger partial charge on any atom is -0.508 e. The molecule has 0 radical (unpaired) electrons. The highest BCUT2D eigenvalue weighted by molar-refractivity contribution is 9.10. The van der Waals surface area contributed by atoms with Crippen LogP contribution in [0.1, 0.15) is 17.0 Å². The van der Waals surface area contributed by atoms with Crippen LogP contribution in [0.4, 0.5) is 0 Å². The van der Waals surface area contributed by atoms with E-state index in [-0.39, 0.29) is 17.2 Å². The van der Waals surface area contributed by atoms with Gasteiger partial charge < -0.3 is 5.11 Å². The number of nitro groups is 1. The van der Waals surface area contributed by atoms with E-state index in [4.69, 9.17) is 0 Å². The highest BCUT2D eigenvalue weighted by atomic mass is 79.9. The van der Waals surface area contributed by atoms with Gasteiger partial charge in [0.2, 0.25) is 6.54 Å². The first-order valence-corrected chi connectivity index (χ1v) is 7.93. The molecule has 0 aliphatic rings. The Balaban J connectivity index is 2.25. The van der Waals surface area contributed by atoms with Crippen LogP contribution in [0.25, 0.3) is 10.8 Å². The summed E-state index contributed by atoms with van der Waals surface area (Å²) in [5.41, 5.74) is 1.41. The number of hydrogen-bond acceptors (Lipinski definition) is 3. The van der Waals surface area contributed by atoms with Crippen LogP contribution in [-0.4, -0.2) is 16.6 Å². The second kappa shape index (κ2) is 6.38.